The fraction of sp³-hybridized carbons (Fsp3) is 0.235. The van der Waals surface area contributed by atoms with Gasteiger partial charge in [0.1, 0.15) is 0 Å². The second-order valence-corrected chi connectivity index (χ2v) is 10.9. The van der Waals surface area contributed by atoms with Crippen LogP contribution in [0.3, 0.4) is 0 Å². The lowest BCUT2D eigenvalue weighted by Crippen LogP contribution is -2.25. The van der Waals surface area contributed by atoms with E-state index in [0.29, 0.717) is 24.0 Å². The van der Waals surface area contributed by atoms with Crippen molar-refractivity contribution in [3.05, 3.63) is 107 Å². The highest BCUT2D eigenvalue weighted by Crippen LogP contribution is 2.46. The summed E-state index contributed by atoms with van der Waals surface area (Å²) in [5.74, 6) is -5.31. The number of aryl methyl sites for hydroxylation is 2. The van der Waals surface area contributed by atoms with Gasteiger partial charge in [0.05, 0.1) is 0 Å². The van der Waals surface area contributed by atoms with Crippen molar-refractivity contribution in [2.45, 2.75) is 50.4 Å². The average molecular weight is 511 g/mol. The maximum Gasteiger partial charge on any atom is 0.252 e. The van der Waals surface area contributed by atoms with E-state index in [2.05, 4.69) is 36.4 Å². The molecule has 0 saturated heterocycles. The highest BCUT2D eigenvalue weighted by molar-refractivity contribution is 6.21. The van der Waals surface area contributed by atoms with Crippen LogP contribution in [0.5, 0.6) is 0 Å². The lowest BCUT2D eigenvalue weighted by atomic mass is 9.81. The van der Waals surface area contributed by atoms with Gasteiger partial charge in [-0.1, -0.05) is 84.9 Å². The molecular formula is C34H26F4. The van der Waals surface area contributed by atoms with Gasteiger partial charge < -0.3 is 0 Å². The minimum atomic E-state index is -2.66. The molecule has 4 heteroatoms. The van der Waals surface area contributed by atoms with Gasteiger partial charge in [-0.3, -0.25) is 0 Å². The fourth-order valence-electron chi connectivity index (χ4n) is 6.48. The summed E-state index contributed by atoms with van der Waals surface area (Å²) < 4.78 is 56.5. The summed E-state index contributed by atoms with van der Waals surface area (Å²) in [5, 5.41) is 4.44. The molecule has 38 heavy (non-hydrogen) atoms. The third kappa shape index (κ3) is 3.89. The van der Waals surface area contributed by atoms with E-state index >= 15 is 0 Å². The first-order chi connectivity index (χ1) is 18.3. The lowest BCUT2D eigenvalue weighted by molar-refractivity contribution is -0.0128. The highest BCUT2D eigenvalue weighted by Gasteiger charge is 2.35. The molecule has 0 atom stereocenters. The Morgan fingerprint density at radius 3 is 1.26 bits per heavy atom. The molecule has 190 valence electrons. The zero-order valence-electron chi connectivity index (χ0n) is 20.8. The Bertz CT molecular complexity index is 1600. The van der Waals surface area contributed by atoms with Gasteiger partial charge in [0.2, 0.25) is 0 Å². The summed E-state index contributed by atoms with van der Waals surface area (Å²) >= 11 is 0. The summed E-state index contributed by atoms with van der Waals surface area (Å²) in [4.78, 5) is 0. The number of hydrogen-bond acceptors (Lipinski definition) is 0. The van der Waals surface area contributed by atoms with Crippen molar-refractivity contribution in [2.75, 3.05) is 0 Å². The molecule has 0 saturated carbocycles. The molecule has 0 unspecified atom stereocenters. The largest absolute Gasteiger partial charge is 0.252 e. The number of benzene rings is 5. The maximum absolute atomic E-state index is 14.1. The molecule has 0 aliphatic heterocycles. The van der Waals surface area contributed by atoms with Crippen molar-refractivity contribution >= 4 is 21.5 Å². The summed E-state index contributed by atoms with van der Waals surface area (Å²) in [6.45, 7) is 0. The molecule has 7 rings (SSSR count). The van der Waals surface area contributed by atoms with Crippen molar-refractivity contribution in [3.63, 3.8) is 0 Å². The Morgan fingerprint density at radius 2 is 0.842 bits per heavy atom. The van der Waals surface area contributed by atoms with E-state index in [-0.39, 0.29) is 25.7 Å². The van der Waals surface area contributed by atoms with Crippen LogP contribution < -0.4 is 0 Å². The average Bonchev–Trinajstić information content (AvgIpc) is 2.91. The molecule has 0 radical (unpaired) electrons. The van der Waals surface area contributed by atoms with Crippen LogP contribution in [0, 0.1) is 0 Å². The molecule has 5 aromatic carbocycles. The minimum absolute atomic E-state index is 0.135. The first-order valence-electron chi connectivity index (χ1n) is 13.2. The second-order valence-electron chi connectivity index (χ2n) is 10.9. The van der Waals surface area contributed by atoms with Crippen molar-refractivity contribution in [1.29, 1.82) is 0 Å². The summed E-state index contributed by atoms with van der Waals surface area (Å²) in [6.07, 6.45) is -0.00455. The van der Waals surface area contributed by atoms with Gasteiger partial charge >= 0.3 is 0 Å². The summed E-state index contributed by atoms with van der Waals surface area (Å²) in [7, 11) is 0. The van der Waals surface area contributed by atoms with Crippen LogP contribution in [0.25, 0.3) is 43.8 Å². The van der Waals surface area contributed by atoms with Gasteiger partial charge in [0.25, 0.3) is 11.8 Å². The SMILES string of the molecule is FC1(F)CCc2cc(-c3c(-c4ccc5c(c4)CCC(F)(F)C5)c4ccccc4c4ccccc34)ccc2C1. The van der Waals surface area contributed by atoms with Gasteiger partial charge in [-0.2, -0.15) is 0 Å². The molecule has 0 nitrogen and oxygen atoms in total. The number of rotatable bonds is 2. The molecule has 0 aromatic heterocycles. The van der Waals surface area contributed by atoms with Gasteiger partial charge in [0.15, 0.2) is 0 Å². The molecular weight excluding hydrogens is 484 g/mol. The van der Waals surface area contributed by atoms with Crippen LogP contribution in [0.15, 0.2) is 84.9 Å². The molecule has 0 bridgehead atoms. The van der Waals surface area contributed by atoms with Crippen molar-refractivity contribution in [3.8, 4) is 22.3 Å². The van der Waals surface area contributed by atoms with E-state index in [1.54, 1.807) is 0 Å². The first-order valence-corrected chi connectivity index (χ1v) is 13.2. The summed E-state index contributed by atoms with van der Waals surface area (Å²) in [6, 6.07) is 28.4. The summed E-state index contributed by atoms with van der Waals surface area (Å²) in [5.41, 5.74) is 7.48. The van der Waals surface area contributed by atoms with E-state index in [1.807, 2.05) is 48.5 Å². The topological polar surface area (TPSA) is 0 Å². The molecule has 0 N–H and O–H groups in total. The third-order valence-electron chi connectivity index (χ3n) is 8.34. The second kappa shape index (κ2) is 8.42. The van der Waals surface area contributed by atoms with Crippen molar-refractivity contribution in [1.82, 2.24) is 0 Å². The predicted molar refractivity (Wildman–Crippen MR) is 146 cm³/mol. The van der Waals surface area contributed by atoms with Crippen LogP contribution in [0.2, 0.25) is 0 Å². The quantitative estimate of drug-likeness (QED) is 0.164. The van der Waals surface area contributed by atoms with E-state index in [9.17, 15) is 17.6 Å². The first kappa shape index (κ1) is 23.5. The Hall–Kier alpha value is -3.66. The van der Waals surface area contributed by atoms with Gasteiger partial charge in [-0.05, 0) is 78.9 Å². The zero-order valence-corrected chi connectivity index (χ0v) is 20.8. The van der Waals surface area contributed by atoms with Crippen LogP contribution in [-0.4, -0.2) is 11.8 Å². The van der Waals surface area contributed by atoms with Crippen molar-refractivity contribution < 1.29 is 17.6 Å². The lowest BCUT2D eigenvalue weighted by Gasteiger charge is -2.26. The van der Waals surface area contributed by atoms with E-state index in [0.717, 1.165) is 54.9 Å². The smallest absolute Gasteiger partial charge is 0.207 e. The third-order valence-corrected chi connectivity index (χ3v) is 8.34. The minimum Gasteiger partial charge on any atom is -0.207 e. The van der Waals surface area contributed by atoms with Gasteiger partial charge in [-0.15, -0.1) is 0 Å². The molecule has 2 aliphatic carbocycles. The number of hydrogen-bond donors (Lipinski definition) is 0. The number of fused-ring (bicyclic) bond motifs is 5. The number of alkyl halides is 4. The highest BCUT2D eigenvalue weighted by atomic mass is 19.3. The van der Waals surface area contributed by atoms with Gasteiger partial charge in [-0.25, -0.2) is 17.6 Å². The van der Waals surface area contributed by atoms with Crippen LogP contribution in [0.1, 0.15) is 35.1 Å². The molecule has 0 heterocycles. The Morgan fingerprint density at radius 1 is 0.447 bits per heavy atom. The van der Waals surface area contributed by atoms with Crippen molar-refractivity contribution in [2.24, 2.45) is 0 Å². The molecule has 0 amide bonds. The molecule has 0 fully saturated rings. The molecule has 0 spiro atoms. The van der Waals surface area contributed by atoms with Crippen LogP contribution >= 0.6 is 0 Å². The van der Waals surface area contributed by atoms with Gasteiger partial charge in [0, 0.05) is 25.7 Å². The zero-order chi connectivity index (χ0) is 26.1. The normalized spacial score (nSPS) is 17.8. The predicted octanol–water partition coefficient (Wildman–Crippen LogP) is 9.57. The van der Waals surface area contributed by atoms with E-state index in [4.69, 9.17) is 0 Å². The Kier molecular flexibility index (Phi) is 5.20. The monoisotopic (exact) mass is 510 g/mol. The Labute approximate surface area is 218 Å². The molecule has 2 aliphatic rings. The molecule has 5 aromatic rings. The standard InChI is InChI=1S/C34H26F4/c35-33(36)15-13-21-17-23(9-11-25(21)19-33)31-29-7-3-1-5-27(29)28-6-2-4-8-30(28)32(31)24-10-12-26-20-34(37,38)16-14-22(26)18-24/h1-12,17-18H,13-16,19-20H2. The maximum atomic E-state index is 14.1. The van der Waals surface area contributed by atoms with Crippen LogP contribution in [0.4, 0.5) is 17.6 Å². The van der Waals surface area contributed by atoms with Crippen LogP contribution in [-0.2, 0) is 25.7 Å². The van der Waals surface area contributed by atoms with E-state index in [1.165, 1.54) is 0 Å². The Balaban J connectivity index is 1.52. The number of halogens is 4. The fourth-order valence-corrected chi connectivity index (χ4v) is 6.48. The van der Waals surface area contributed by atoms with E-state index < -0.39 is 11.8 Å².